The van der Waals surface area contributed by atoms with E-state index in [1.807, 2.05) is 0 Å². The van der Waals surface area contributed by atoms with E-state index in [1.165, 1.54) is 59.9 Å². The summed E-state index contributed by atoms with van der Waals surface area (Å²) in [7, 11) is 0. The standard InChI is InChI=1S/C21H32/c1-6-7-11-20-13-15-21(19(5)16-20)14-12-18(4)10-8-9-17(2)3/h9,12-13,15-16H,6-8,10-11,14H2,1-5H3/b18-12+. The van der Waals surface area contributed by atoms with Crippen LogP contribution in [0, 0.1) is 6.92 Å². The van der Waals surface area contributed by atoms with Crippen molar-refractivity contribution in [1.29, 1.82) is 0 Å². The van der Waals surface area contributed by atoms with E-state index in [0.29, 0.717) is 0 Å². The Bertz CT molecular complexity index is 485. The quantitative estimate of drug-likeness (QED) is 0.473. The Balaban J connectivity index is 2.56. The van der Waals surface area contributed by atoms with Gasteiger partial charge in [-0.05, 0) is 76.5 Å². The molecule has 0 saturated carbocycles. The Morgan fingerprint density at radius 3 is 2.48 bits per heavy atom. The summed E-state index contributed by atoms with van der Waals surface area (Å²) < 4.78 is 0. The van der Waals surface area contributed by atoms with Crippen LogP contribution in [0.15, 0.2) is 41.5 Å². The van der Waals surface area contributed by atoms with Gasteiger partial charge in [-0.25, -0.2) is 0 Å². The molecule has 0 aliphatic carbocycles. The molecule has 0 radical (unpaired) electrons. The van der Waals surface area contributed by atoms with Gasteiger partial charge in [0.15, 0.2) is 0 Å². The molecule has 1 rings (SSSR count). The lowest BCUT2D eigenvalue weighted by Gasteiger charge is -2.07. The van der Waals surface area contributed by atoms with Crippen LogP contribution in [0.25, 0.3) is 0 Å². The first-order chi connectivity index (χ1) is 10.0. The minimum atomic E-state index is 1.07. The molecular formula is C21H32. The molecule has 1 aromatic carbocycles. The molecule has 0 saturated heterocycles. The molecule has 21 heavy (non-hydrogen) atoms. The van der Waals surface area contributed by atoms with Crippen molar-refractivity contribution in [3.05, 3.63) is 58.2 Å². The minimum absolute atomic E-state index is 1.07. The summed E-state index contributed by atoms with van der Waals surface area (Å²) in [5.41, 5.74) is 7.32. The minimum Gasteiger partial charge on any atom is -0.0856 e. The van der Waals surface area contributed by atoms with Crippen molar-refractivity contribution in [2.24, 2.45) is 0 Å². The lowest BCUT2D eigenvalue weighted by molar-refractivity contribution is 0.794. The van der Waals surface area contributed by atoms with Crippen LogP contribution < -0.4 is 0 Å². The first kappa shape index (κ1) is 17.8. The average molecular weight is 284 g/mol. The molecule has 0 bridgehead atoms. The molecule has 0 unspecified atom stereocenters. The Morgan fingerprint density at radius 1 is 1.10 bits per heavy atom. The second-order valence-corrected chi connectivity index (χ2v) is 6.44. The van der Waals surface area contributed by atoms with Crippen LogP contribution in [-0.4, -0.2) is 0 Å². The molecule has 0 aromatic heterocycles. The normalized spacial score (nSPS) is 11.6. The molecule has 0 heteroatoms. The van der Waals surface area contributed by atoms with Crippen molar-refractivity contribution in [3.8, 4) is 0 Å². The van der Waals surface area contributed by atoms with E-state index in [4.69, 9.17) is 0 Å². The van der Waals surface area contributed by atoms with Gasteiger partial charge < -0.3 is 0 Å². The van der Waals surface area contributed by atoms with Crippen LogP contribution in [0.1, 0.15) is 70.1 Å². The topological polar surface area (TPSA) is 0 Å². The molecule has 0 aliphatic heterocycles. The molecule has 0 N–H and O–H groups in total. The molecule has 1 aromatic rings. The van der Waals surface area contributed by atoms with Crippen molar-refractivity contribution in [3.63, 3.8) is 0 Å². The van der Waals surface area contributed by atoms with Gasteiger partial charge in [0.25, 0.3) is 0 Å². The van der Waals surface area contributed by atoms with Crippen molar-refractivity contribution in [2.45, 2.75) is 73.1 Å². The number of aryl methyl sites for hydroxylation is 2. The SMILES string of the molecule is CCCCc1ccc(C/C=C(\C)CCC=C(C)C)c(C)c1. The molecule has 0 amide bonds. The van der Waals surface area contributed by atoms with Crippen LogP contribution in [0.3, 0.4) is 0 Å². The van der Waals surface area contributed by atoms with E-state index in [9.17, 15) is 0 Å². The molecule has 0 spiro atoms. The van der Waals surface area contributed by atoms with E-state index in [0.717, 1.165) is 6.42 Å². The lowest BCUT2D eigenvalue weighted by Crippen LogP contribution is -1.92. The van der Waals surface area contributed by atoms with E-state index < -0.39 is 0 Å². The van der Waals surface area contributed by atoms with E-state index in [1.54, 1.807) is 0 Å². The van der Waals surface area contributed by atoms with Gasteiger partial charge in [-0.1, -0.05) is 54.8 Å². The fraction of sp³-hybridized carbons (Fsp3) is 0.524. The van der Waals surface area contributed by atoms with Gasteiger partial charge in [-0.2, -0.15) is 0 Å². The zero-order valence-corrected chi connectivity index (χ0v) is 14.6. The Hall–Kier alpha value is -1.30. The van der Waals surface area contributed by atoms with Gasteiger partial charge in [0, 0.05) is 0 Å². The zero-order chi connectivity index (χ0) is 15.7. The van der Waals surface area contributed by atoms with Crippen LogP contribution in [0.4, 0.5) is 0 Å². The first-order valence-electron chi connectivity index (χ1n) is 8.40. The van der Waals surface area contributed by atoms with Crippen molar-refractivity contribution >= 4 is 0 Å². The van der Waals surface area contributed by atoms with E-state index in [2.05, 4.69) is 65.0 Å². The maximum absolute atomic E-state index is 2.40. The summed E-state index contributed by atoms with van der Waals surface area (Å²) >= 11 is 0. The number of hydrogen-bond acceptors (Lipinski definition) is 0. The highest BCUT2D eigenvalue weighted by atomic mass is 14.1. The highest BCUT2D eigenvalue weighted by Crippen LogP contribution is 2.16. The molecule has 0 heterocycles. The van der Waals surface area contributed by atoms with Crippen molar-refractivity contribution in [1.82, 2.24) is 0 Å². The Kier molecular flexibility index (Phi) is 8.12. The Labute approximate surface area is 132 Å². The zero-order valence-electron chi connectivity index (χ0n) is 14.6. The van der Waals surface area contributed by atoms with Gasteiger partial charge in [0.05, 0.1) is 0 Å². The summed E-state index contributed by atoms with van der Waals surface area (Å²) in [5.74, 6) is 0. The molecule has 0 aliphatic rings. The van der Waals surface area contributed by atoms with Gasteiger partial charge in [0.2, 0.25) is 0 Å². The summed E-state index contributed by atoms with van der Waals surface area (Å²) in [6.45, 7) is 11.1. The van der Waals surface area contributed by atoms with Gasteiger partial charge >= 0.3 is 0 Å². The smallest absolute Gasteiger partial charge is 0.00922 e. The van der Waals surface area contributed by atoms with Crippen LogP contribution in [0.5, 0.6) is 0 Å². The molecule has 0 atom stereocenters. The fourth-order valence-corrected chi connectivity index (χ4v) is 2.50. The van der Waals surface area contributed by atoms with Crippen LogP contribution in [-0.2, 0) is 12.8 Å². The predicted molar refractivity (Wildman–Crippen MR) is 95.9 cm³/mol. The average Bonchev–Trinajstić information content (AvgIpc) is 2.43. The molecule has 116 valence electrons. The highest BCUT2D eigenvalue weighted by Gasteiger charge is 2.00. The van der Waals surface area contributed by atoms with Crippen molar-refractivity contribution in [2.75, 3.05) is 0 Å². The van der Waals surface area contributed by atoms with Gasteiger partial charge in [-0.15, -0.1) is 0 Å². The molecular weight excluding hydrogens is 252 g/mol. The third-order valence-corrected chi connectivity index (χ3v) is 3.99. The molecule has 0 fully saturated rings. The second-order valence-electron chi connectivity index (χ2n) is 6.44. The lowest BCUT2D eigenvalue weighted by atomic mass is 9.98. The van der Waals surface area contributed by atoms with Gasteiger partial charge in [-0.3, -0.25) is 0 Å². The number of benzene rings is 1. The number of rotatable bonds is 8. The highest BCUT2D eigenvalue weighted by molar-refractivity contribution is 5.33. The largest absolute Gasteiger partial charge is 0.0856 e. The molecule has 0 nitrogen and oxygen atoms in total. The number of unbranched alkanes of at least 4 members (excludes halogenated alkanes) is 1. The maximum Gasteiger partial charge on any atom is -0.00922 e. The number of allylic oxidation sites excluding steroid dienone is 4. The fourth-order valence-electron chi connectivity index (χ4n) is 2.50. The van der Waals surface area contributed by atoms with Crippen LogP contribution >= 0.6 is 0 Å². The van der Waals surface area contributed by atoms with E-state index >= 15 is 0 Å². The second kappa shape index (κ2) is 9.60. The Morgan fingerprint density at radius 2 is 1.86 bits per heavy atom. The van der Waals surface area contributed by atoms with Gasteiger partial charge in [0.1, 0.15) is 0 Å². The third-order valence-electron chi connectivity index (χ3n) is 3.99. The summed E-state index contributed by atoms with van der Waals surface area (Å²) in [6, 6.07) is 7.00. The first-order valence-corrected chi connectivity index (χ1v) is 8.40. The van der Waals surface area contributed by atoms with E-state index in [-0.39, 0.29) is 0 Å². The summed E-state index contributed by atoms with van der Waals surface area (Å²) in [4.78, 5) is 0. The monoisotopic (exact) mass is 284 g/mol. The predicted octanol–water partition coefficient (Wildman–Crippen LogP) is 6.57. The van der Waals surface area contributed by atoms with Crippen molar-refractivity contribution < 1.29 is 0 Å². The summed E-state index contributed by atoms with van der Waals surface area (Å²) in [6.07, 6.45) is 11.9. The third kappa shape index (κ3) is 7.32. The maximum atomic E-state index is 2.40. The number of hydrogen-bond donors (Lipinski definition) is 0. The summed E-state index contributed by atoms with van der Waals surface area (Å²) in [5, 5.41) is 0. The van der Waals surface area contributed by atoms with Crippen LogP contribution in [0.2, 0.25) is 0 Å².